The predicted molar refractivity (Wildman–Crippen MR) is 92.3 cm³/mol. The van der Waals surface area contributed by atoms with E-state index in [2.05, 4.69) is 5.32 Å². The summed E-state index contributed by atoms with van der Waals surface area (Å²) in [7, 11) is 0. The second kappa shape index (κ2) is 7.68. The van der Waals surface area contributed by atoms with Crippen molar-refractivity contribution in [3.05, 3.63) is 58.1 Å². The summed E-state index contributed by atoms with van der Waals surface area (Å²) in [5, 5.41) is 3.56. The fraction of sp³-hybridized carbons (Fsp3) is 0.125. The van der Waals surface area contributed by atoms with Gasteiger partial charge in [-0.2, -0.15) is 0 Å². The molecule has 2 rings (SSSR count). The lowest BCUT2D eigenvalue weighted by molar-refractivity contribution is -0.114. The Morgan fingerprint density at radius 2 is 1.91 bits per heavy atom. The van der Waals surface area contributed by atoms with Crippen LogP contribution in [0.15, 0.2) is 47.4 Å². The van der Waals surface area contributed by atoms with Gasteiger partial charge < -0.3 is 5.32 Å². The summed E-state index contributed by atoms with van der Waals surface area (Å²) < 4.78 is 0. The van der Waals surface area contributed by atoms with E-state index in [1.54, 1.807) is 24.3 Å². The zero-order valence-corrected chi connectivity index (χ0v) is 14.1. The summed E-state index contributed by atoms with van der Waals surface area (Å²) in [6.45, 7) is 1.45. The van der Waals surface area contributed by atoms with Crippen molar-refractivity contribution in [3.8, 4) is 0 Å². The van der Waals surface area contributed by atoms with E-state index in [-0.39, 0.29) is 17.4 Å². The molecular weight excluding hydrogens is 341 g/mol. The molecule has 22 heavy (non-hydrogen) atoms. The van der Waals surface area contributed by atoms with Crippen molar-refractivity contribution in [2.45, 2.75) is 11.8 Å². The molecule has 2 aromatic carbocycles. The maximum absolute atomic E-state index is 12.2. The van der Waals surface area contributed by atoms with Gasteiger partial charge in [0.15, 0.2) is 5.78 Å². The molecule has 0 fully saturated rings. The van der Waals surface area contributed by atoms with Gasteiger partial charge in [0.05, 0.1) is 10.8 Å². The average Bonchev–Trinajstić information content (AvgIpc) is 2.44. The van der Waals surface area contributed by atoms with E-state index in [1.807, 2.05) is 18.2 Å². The van der Waals surface area contributed by atoms with Crippen molar-refractivity contribution in [1.29, 1.82) is 0 Å². The van der Waals surface area contributed by atoms with E-state index < -0.39 is 0 Å². The first-order chi connectivity index (χ1) is 10.5. The van der Waals surface area contributed by atoms with Gasteiger partial charge in [0.1, 0.15) is 0 Å². The smallest absolute Gasteiger partial charge is 0.221 e. The molecule has 0 radical (unpaired) electrons. The van der Waals surface area contributed by atoms with Crippen molar-refractivity contribution >= 4 is 52.3 Å². The third-order valence-corrected chi connectivity index (χ3v) is 4.30. The number of benzene rings is 2. The molecule has 2 aromatic rings. The van der Waals surface area contributed by atoms with Crippen molar-refractivity contribution in [1.82, 2.24) is 0 Å². The van der Waals surface area contributed by atoms with Crippen molar-refractivity contribution < 1.29 is 9.59 Å². The van der Waals surface area contributed by atoms with Gasteiger partial charge in [0.25, 0.3) is 0 Å². The molecule has 0 aliphatic rings. The molecule has 0 heterocycles. The average molecular weight is 354 g/mol. The summed E-state index contributed by atoms with van der Waals surface area (Å²) in [5.74, 6) is 0.0491. The molecule has 114 valence electrons. The number of amides is 1. The maximum atomic E-state index is 12.2. The molecule has 0 aliphatic heterocycles. The Morgan fingerprint density at radius 3 is 2.59 bits per heavy atom. The highest BCUT2D eigenvalue weighted by molar-refractivity contribution is 8.00. The number of rotatable bonds is 5. The van der Waals surface area contributed by atoms with E-state index >= 15 is 0 Å². The monoisotopic (exact) mass is 353 g/mol. The van der Waals surface area contributed by atoms with Crippen LogP contribution < -0.4 is 5.32 Å². The Bertz CT molecular complexity index is 719. The molecule has 1 amide bonds. The number of thioether (sulfide) groups is 1. The molecule has 0 bridgehead atoms. The SMILES string of the molecule is CC(=O)Nc1cccc(SCC(=O)c2ccc(Cl)cc2Cl)c1. The van der Waals surface area contributed by atoms with Crippen LogP contribution in [0, 0.1) is 0 Å². The molecule has 0 spiro atoms. The lowest BCUT2D eigenvalue weighted by Gasteiger charge is -2.06. The maximum Gasteiger partial charge on any atom is 0.221 e. The van der Waals surface area contributed by atoms with E-state index in [9.17, 15) is 9.59 Å². The normalized spacial score (nSPS) is 10.3. The van der Waals surface area contributed by atoms with Crippen LogP contribution >= 0.6 is 35.0 Å². The largest absolute Gasteiger partial charge is 0.326 e. The zero-order chi connectivity index (χ0) is 16.1. The third-order valence-electron chi connectivity index (χ3n) is 2.76. The van der Waals surface area contributed by atoms with Crippen LogP contribution in [0.5, 0.6) is 0 Å². The van der Waals surface area contributed by atoms with E-state index in [0.717, 1.165) is 4.90 Å². The number of carbonyl (C=O) groups excluding carboxylic acids is 2. The minimum Gasteiger partial charge on any atom is -0.326 e. The lowest BCUT2D eigenvalue weighted by atomic mass is 10.1. The van der Waals surface area contributed by atoms with Crippen molar-refractivity contribution in [2.24, 2.45) is 0 Å². The molecule has 0 aromatic heterocycles. The van der Waals surface area contributed by atoms with Crippen LogP contribution in [0.4, 0.5) is 5.69 Å². The number of Topliss-reactive ketones (excluding diaryl/α,β-unsaturated/α-hetero) is 1. The van der Waals surface area contributed by atoms with Gasteiger partial charge in [-0.25, -0.2) is 0 Å². The number of nitrogens with one attached hydrogen (secondary N) is 1. The molecule has 0 saturated heterocycles. The van der Waals surface area contributed by atoms with Crippen molar-refractivity contribution in [2.75, 3.05) is 11.1 Å². The third kappa shape index (κ3) is 4.77. The molecule has 3 nitrogen and oxygen atoms in total. The number of anilines is 1. The van der Waals surface area contributed by atoms with Gasteiger partial charge in [-0.3, -0.25) is 9.59 Å². The summed E-state index contributed by atoms with van der Waals surface area (Å²) in [4.78, 5) is 24.1. The lowest BCUT2D eigenvalue weighted by Crippen LogP contribution is -2.06. The Labute approximate surface area is 143 Å². The van der Waals surface area contributed by atoms with E-state index in [0.29, 0.717) is 21.3 Å². The summed E-state index contributed by atoms with van der Waals surface area (Å²) >= 11 is 13.2. The second-order valence-electron chi connectivity index (χ2n) is 4.55. The first kappa shape index (κ1) is 16.9. The Balaban J connectivity index is 2.03. The number of ketones is 1. The van der Waals surface area contributed by atoms with Crippen LogP contribution in [0.25, 0.3) is 0 Å². The summed E-state index contributed by atoms with van der Waals surface area (Å²) in [6, 6.07) is 12.1. The van der Waals surface area contributed by atoms with Crippen LogP contribution in [0.2, 0.25) is 10.0 Å². The number of halogens is 2. The van der Waals surface area contributed by atoms with Crippen LogP contribution in [-0.2, 0) is 4.79 Å². The van der Waals surface area contributed by atoms with Crippen LogP contribution in [0.1, 0.15) is 17.3 Å². The van der Waals surface area contributed by atoms with Gasteiger partial charge in [0, 0.05) is 28.1 Å². The second-order valence-corrected chi connectivity index (χ2v) is 6.44. The Kier molecular flexibility index (Phi) is 5.89. The van der Waals surface area contributed by atoms with Gasteiger partial charge >= 0.3 is 0 Å². The summed E-state index contributed by atoms with van der Waals surface area (Å²) in [5.41, 5.74) is 1.16. The Morgan fingerprint density at radius 1 is 1.14 bits per heavy atom. The molecular formula is C16H13Cl2NO2S. The molecule has 0 saturated carbocycles. The van der Waals surface area contributed by atoms with Gasteiger partial charge in [-0.05, 0) is 36.4 Å². The first-order valence-electron chi connectivity index (χ1n) is 6.44. The molecule has 1 N–H and O–H groups in total. The quantitative estimate of drug-likeness (QED) is 0.612. The standard InChI is InChI=1S/C16H13Cl2NO2S/c1-10(20)19-12-3-2-4-13(8-12)22-9-16(21)14-6-5-11(17)7-15(14)18/h2-8H,9H2,1H3,(H,19,20). The van der Waals surface area contributed by atoms with E-state index in [4.69, 9.17) is 23.2 Å². The topological polar surface area (TPSA) is 46.2 Å². The highest BCUT2D eigenvalue weighted by atomic mass is 35.5. The minimum absolute atomic E-state index is 0.0726. The summed E-state index contributed by atoms with van der Waals surface area (Å²) in [6.07, 6.45) is 0. The van der Waals surface area contributed by atoms with Gasteiger partial charge in [-0.15, -0.1) is 11.8 Å². The zero-order valence-electron chi connectivity index (χ0n) is 11.7. The highest BCUT2D eigenvalue weighted by Gasteiger charge is 2.11. The molecule has 0 atom stereocenters. The highest BCUT2D eigenvalue weighted by Crippen LogP contribution is 2.26. The minimum atomic E-state index is -0.133. The van der Waals surface area contributed by atoms with E-state index in [1.165, 1.54) is 18.7 Å². The van der Waals surface area contributed by atoms with Gasteiger partial charge in [-0.1, -0.05) is 29.3 Å². The molecule has 0 unspecified atom stereocenters. The molecule has 6 heteroatoms. The number of hydrogen-bond acceptors (Lipinski definition) is 3. The van der Waals surface area contributed by atoms with Gasteiger partial charge in [0.2, 0.25) is 5.91 Å². The van der Waals surface area contributed by atoms with Crippen LogP contribution in [-0.4, -0.2) is 17.4 Å². The first-order valence-corrected chi connectivity index (χ1v) is 8.18. The van der Waals surface area contributed by atoms with Crippen LogP contribution in [0.3, 0.4) is 0 Å². The molecule has 0 aliphatic carbocycles. The predicted octanol–water partition coefficient (Wildman–Crippen LogP) is 4.93. The fourth-order valence-corrected chi connectivity index (χ4v) is 3.16. The number of carbonyl (C=O) groups is 2. The Hall–Kier alpha value is -1.49. The van der Waals surface area contributed by atoms with Crippen molar-refractivity contribution in [3.63, 3.8) is 0 Å². The fourth-order valence-electron chi connectivity index (χ4n) is 1.81. The number of hydrogen-bond donors (Lipinski definition) is 1.